The molecule has 0 radical (unpaired) electrons. The molecule has 12 nitrogen and oxygen atoms in total. The second-order valence-corrected chi connectivity index (χ2v) is 12.0. The highest BCUT2D eigenvalue weighted by Gasteiger charge is 2.32. The number of aromatic nitrogens is 4. The Labute approximate surface area is 221 Å². The lowest BCUT2D eigenvalue weighted by molar-refractivity contribution is -0.123. The number of fused-ring (bicyclic) bond motifs is 1. The van der Waals surface area contributed by atoms with Gasteiger partial charge in [0.15, 0.2) is 11.5 Å². The number of para-hydroxylation sites is 1. The van der Waals surface area contributed by atoms with Crippen LogP contribution in [0.15, 0.2) is 55.1 Å². The predicted molar refractivity (Wildman–Crippen MR) is 144 cm³/mol. The van der Waals surface area contributed by atoms with Gasteiger partial charge in [-0.15, -0.1) is 0 Å². The molecular formula is C25H34N7O5P. The maximum absolute atomic E-state index is 13.0. The van der Waals surface area contributed by atoms with Crippen LogP contribution in [0.2, 0.25) is 0 Å². The van der Waals surface area contributed by atoms with Crippen molar-refractivity contribution in [2.45, 2.75) is 46.2 Å². The fourth-order valence-electron chi connectivity index (χ4n) is 4.01. The quantitative estimate of drug-likeness (QED) is 0.196. The second-order valence-electron chi connectivity index (χ2n) is 10.5. The number of amides is 1. The van der Waals surface area contributed by atoms with Gasteiger partial charge in [0.1, 0.15) is 17.9 Å². The molecule has 0 fully saturated rings. The van der Waals surface area contributed by atoms with E-state index in [-0.39, 0.29) is 24.0 Å². The molecule has 1 aliphatic rings. The molecule has 3 unspecified atom stereocenters. The summed E-state index contributed by atoms with van der Waals surface area (Å²) in [6.45, 7) is 7.92. The Bertz CT molecular complexity index is 1340. The molecule has 1 aromatic carbocycles. The maximum Gasteiger partial charge on any atom is 0.432 e. The van der Waals surface area contributed by atoms with Crippen LogP contribution in [0.25, 0.3) is 11.2 Å². The second kappa shape index (κ2) is 11.2. The number of imidazole rings is 1. The topological polar surface area (TPSA) is 158 Å². The number of hydrogen-bond acceptors (Lipinski definition) is 9. The summed E-state index contributed by atoms with van der Waals surface area (Å²) in [5, 5.41) is 3.60. The van der Waals surface area contributed by atoms with Gasteiger partial charge in [-0.05, 0) is 30.9 Å². The lowest BCUT2D eigenvalue weighted by Gasteiger charge is -2.32. The van der Waals surface area contributed by atoms with Crippen molar-refractivity contribution in [3.63, 3.8) is 0 Å². The van der Waals surface area contributed by atoms with Gasteiger partial charge in [-0.2, -0.15) is 0 Å². The first kappa shape index (κ1) is 27.7. The molecule has 4 N–H and O–H groups in total. The van der Waals surface area contributed by atoms with Crippen molar-refractivity contribution in [1.29, 1.82) is 0 Å². The molecule has 2 aromatic heterocycles. The number of nitrogens with one attached hydrogen (secondary N) is 1. The zero-order valence-corrected chi connectivity index (χ0v) is 22.8. The van der Waals surface area contributed by atoms with Crippen LogP contribution < -0.4 is 15.9 Å². The number of benzene rings is 1. The van der Waals surface area contributed by atoms with Gasteiger partial charge in [0.25, 0.3) is 5.91 Å². The zero-order chi connectivity index (χ0) is 27.5. The third-order valence-corrected chi connectivity index (χ3v) is 6.99. The van der Waals surface area contributed by atoms with Crippen molar-refractivity contribution in [3.8, 4) is 0 Å². The summed E-state index contributed by atoms with van der Waals surface area (Å²) in [6, 6.07) is 8.13. The van der Waals surface area contributed by atoms with Gasteiger partial charge < -0.3 is 15.2 Å². The first-order chi connectivity index (χ1) is 17.9. The number of nitrogen functional groups attached to an aromatic ring is 1. The molecule has 0 aliphatic heterocycles. The molecule has 13 heteroatoms. The van der Waals surface area contributed by atoms with Crippen LogP contribution >= 0.6 is 7.75 Å². The highest BCUT2D eigenvalue weighted by Crippen LogP contribution is 2.40. The Morgan fingerprint density at radius 1 is 1.26 bits per heavy atom. The molecule has 1 amide bonds. The minimum atomic E-state index is -4.44. The van der Waals surface area contributed by atoms with E-state index >= 15 is 0 Å². The van der Waals surface area contributed by atoms with Gasteiger partial charge in [-0.3, -0.25) is 19.2 Å². The van der Waals surface area contributed by atoms with Gasteiger partial charge in [-0.25, -0.2) is 24.6 Å². The molecule has 0 spiro atoms. The first-order valence-corrected chi connectivity index (χ1v) is 13.9. The van der Waals surface area contributed by atoms with Gasteiger partial charge >= 0.3 is 7.75 Å². The summed E-state index contributed by atoms with van der Waals surface area (Å²) in [5.41, 5.74) is 7.49. The Kier molecular flexibility index (Phi) is 8.17. The van der Waals surface area contributed by atoms with Gasteiger partial charge in [0.05, 0.1) is 31.3 Å². The van der Waals surface area contributed by atoms with Crippen molar-refractivity contribution in [2.75, 3.05) is 24.0 Å². The van der Waals surface area contributed by atoms with Crippen molar-refractivity contribution in [3.05, 3.63) is 55.1 Å². The summed E-state index contributed by atoms with van der Waals surface area (Å²) in [4.78, 5) is 41.8. The zero-order valence-electron chi connectivity index (χ0n) is 21.9. The van der Waals surface area contributed by atoms with E-state index in [1.54, 1.807) is 25.4 Å². The lowest BCUT2D eigenvalue weighted by Crippen LogP contribution is -2.45. The highest BCUT2D eigenvalue weighted by molar-refractivity contribution is 7.51. The number of allylic oxidation sites excluding steroid dienone is 1. The first-order valence-electron chi connectivity index (χ1n) is 12.3. The average Bonchev–Trinajstić information content (AvgIpc) is 3.50. The van der Waals surface area contributed by atoms with E-state index in [4.69, 9.17) is 15.1 Å². The Hall–Kier alpha value is -3.31. The fraction of sp³-hybridized carbons (Fsp3) is 0.440. The van der Waals surface area contributed by atoms with E-state index < -0.39 is 19.7 Å². The molecular weight excluding hydrogens is 509 g/mol. The number of rotatable bonds is 10. The molecule has 0 saturated heterocycles. The van der Waals surface area contributed by atoms with Crippen LogP contribution in [0.4, 0.5) is 11.5 Å². The minimum Gasteiger partial charge on any atom is -0.382 e. The summed E-state index contributed by atoms with van der Waals surface area (Å²) < 4.78 is 19.9. The summed E-state index contributed by atoms with van der Waals surface area (Å²) in [7, 11) is -4.44. The average molecular weight is 544 g/mol. The van der Waals surface area contributed by atoms with Crippen LogP contribution in [0.1, 0.15) is 40.2 Å². The van der Waals surface area contributed by atoms with Gasteiger partial charge in [0.2, 0.25) is 0 Å². The fourth-order valence-corrected chi connectivity index (χ4v) is 4.94. The van der Waals surface area contributed by atoms with Crippen LogP contribution in [0.5, 0.6) is 0 Å². The van der Waals surface area contributed by atoms with Crippen LogP contribution in [0, 0.1) is 11.3 Å². The van der Waals surface area contributed by atoms with Crippen molar-refractivity contribution in [2.24, 2.45) is 11.3 Å². The van der Waals surface area contributed by atoms with Gasteiger partial charge in [0, 0.05) is 5.92 Å². The molecule has 3 aromatic rings. The third kappa shape index (κ3) is 6.76. The molecule has 4 rings (SSSR count). The van der Waals surface area contributed by atoms with Crippen LogP contribution in [0.3, 0.4) is 0 Å². The monoisotopic (exact) mass is 543 g/mol. The van der Waals surface area contributed by atoms with E-state index in [1.165, 1.54) is 11.4 Å². The normalized spacial score (nSPS) is 19.8. The standard InChI is InChI=1S/C25H34N7O5P/c1-17(32(36-14-25(2,3)4)19-8-6-5-7-9-19)24(33)30-38(34,35)37-13-18-10-11-20(12-18)31-16-29-21-22(26)27-15-28-23(21)31/h5-11,15-18,20H,12-14H2,1-4H3,(H2,26,27,28)(H2,30,33,34,35)/t17-,18?,20?/m0/s1. The molecule has 0 saturated carbocycles. The van der Waals surface area contributed by atoms with Gasteiger partial charge in [-0.1, -0.05) is 51.1 Å². The van der Waals surface area contributed by atoms with E-state index in [1.807, 2.05) is 55.7 Å². The Morgan fingerprint density at radius 3 is 2.71 bits per heavy atom. The summed E-state index contributed by atoms with van der Waals surface area (Å²) in [6.07, 6.45) is 7.49. The van der Waals surface area contributed by atoms with Crippen molar-refractivity contribution in [1.82, 2.24) is 24.6 Å². The number of nitrogens with two attached hydrogens (primary N) is 1. The number of carbonyl (C=O) groups is 1. The van der Waals surface area contributed by atoms with E-state index in [0.29, 0.717) is 35.7 Å². The highest BCUT2D eigenvalue weighted by atomic mass is 31.2. The molecule has 4 atom stereocenters. The van der Waals surface area contributed by atoms with E-state index in [9.17, 15) is 14.3 Å². The molecule has 204 valence electrons. The predicted octanol–water partition coefficient (Wildman–Crippen LogP) is 3.63. The van der Waals surface area contributed by atoms with E-state index in [2.05, 4.69) is 20.0 Å². The summed E-state index contributed by atoms with van der Waals surface area (Å²) >= 11 is 0. The smallest absolute Gasteiger partial charge is 0.382 e. The number of carbonyl (C=O) groups excluding carboxylic acids is 1. The molecule has 0 bridgehead atoms. The largest absolute Gasteiger partial charge is 0.432 e. The van der Waals surface area contributed by atoms with E-state index in [0.717, 1.165) is 0 Å². The number of anilines is 2. The number of hydroxylamine groups is 1. The van der Waals surface area contributed by atoms with Crippen molar-refractivity contribution >= 4 is 36.3 Å². The molecule has 1 aliphatic carbocycles. The Balaban J connectivity index is 1.34. The summed E-state index contributed by atoms with van der Waals surface area (Å²) in [5.74, 6) is -0.547. The van der Waals surface area contributed by atoms with Crippen LogP contribution in [-0.2, 0) is 18.7 Å². The maximum atomic E-state index is 13.0. The van der Waals surface area contributed by atoms with Crippen LogP contribution in [-0.4, -0.2) is 49.6 Å². The third-order valence-electron chi connectivity index (χ3n) is 5.99. The molecule has 2 heterocycles. The van der Waals surface area contributed by atoms with Crippen molar-refractivity contribution < 1.29 is 23.6 Å². The Morgan fingerprint density at radius 2 is 2.00 bits per heavy atom. The number of hydrogen-bond donors (Lipinski definition) is 3. The lowest BCUT2D eigenvalue weighted by atomic mass is 9.99. The SMILES string of the molecule is C[C@@H](C(=O)NP(=O)(O)OCC1C=CC(n2cnc3c(N)ncnc32)C1)N(OCC(C)(C)C)c1ccccc1. The minimum absolute atomic E-state index is 0.0535. The molecule has 38 heavy (non-hydrogen) atoms. The number of nitrogens with zero attached hydrogens (tertiary/aromatic N) is 5.